The van der Waals surface area contributed by atoms with Crippen molar-refractivity contribution < 1.29 is 14.3 Å². The van der Waals surface area contributed by atoms with Crippen molar-refractivity contribution in [2.24, 2.45) is 0 Å². The molecule has 0 radical (unpaired) electrons. The lowest BCUT2D eigenvalue weighted by molar-refractivity contribution is -0.131. The van der Waals surface area contributed by atoms with Crippen LogP contribution >= 0.6 is 0 Å². The summed E-state index contributed by atoms with van der Waals surface area (Å²) in [5, 5.41) is 3.67. The molecule has 1 amide bonds. The number of nitrogens with one attached hydrogen (secondary N) is 1. The van der Waals surface area contributed by atoms with E-state index in [0.29, 0.717) is 18.0 Å². The molecule has 2 aliphatic heterocycles. The number of amides is 1. The van der Waals surface area contributed by atoms with Crippen molar-refractivity contribution >= 4 is 11.7 Å². The summed E-state index contributed by atoms with van der Waals surface area (Å²) in [5.41, 5.74) is 3.11. The highest BCUT2D eigenvalue weighted by molar-refractivity contribution is 5.84. The highest BCUT2D eigenvalue weighted by Crippen LogP contribution is 2.37. The first-order chi connectivity index (χ1) is 13.9. The van der Waals surface area contributed by atoms with Gasteiger partial charge in [-0.2, -0.15) is 0 Å². The van der Waals surface area contributed by atoms with Gasteiger partial charge in [-0.05, 0) is 62.4 Å². The van der Waals surface area contributed by atoms with Crippen molar-refractivity contribution in [1.29, 1.82) is 0 Å². The van der Waals surface area contributed by atoms with Crippen molar-refractivity contribution in [3.8, 4) is 11.5 Å². The van der Waals surface area contributed by atoms with Crippen molar-refractivity contribution in [3.05, 3.63) is 47.2 Å². The number of aromatic nitrogens is 1. The molecule has 1 spiro atoms. The number of carbonyl (C=O) groups is 1. The molecule has 1 fully saturated rings. The Bertz CT molecular complexity index is 907. The molecule has 1 N–H and O–H groups in total. The predicted octanol–water partition coefficient (Wildman–Crippen LogP) is 3.54. The van der Waals surface area contributed by atoms with E-state index in [1.165, 1.54) is 5.56 Å². The van der Waals surface area contributed by atoms with E-state index in [0.717, 1.165) is 42.9 Å². The zero-order chi connectivity index (χ0) is 20.6. The van der Waals surface area contributed by atoms with E-state index in [2.05, 4.69) is 22.4 Å². The summed E-state index contributed by atoms with van der Waals surface area (Å²) in [5.74, 6) is 2.26. The number of nitrogens with zero attached hydrogens (tertiary/aromatic N) is 2. The first-order valence-corrected chi connectivity index (χ1v) is 10.2. The first-order valence-electron chi connectivity index (χ1n) is 10.2. The van der Waals surface area contributed by atoms with Crippen LogP contribution in [0.25, 0.3) is 0 Å². The Hall–Kier alpha value is -2.76. The fourth-order valence-corrected chi connectivity index (χ4v) is 4.45. The highest BCUT2D eigenvalue weighted by Gasteiger charge is 2.43. The van der Waals surface area contributed by atoms with Crippen LogP contribution in [0.5, 0.6) is 11.5 Å². The average molecular weight is 396 g/mol. The quantitative estimate of drug-likeness (QED) is 0.858. The zero-order valence-corrected chi connectivity index (χ0v) is 17.6. The number of rotatable bonds is 4. The molecule has 6 nitrogen and oxygen atoms in total. The summed E-state index contributed by atoms with van der Waals surface area (Å²) >= 11 is 0. The van der Waals surface area contributed by atoms with Gasteiger partial charge in [-0.15, -0.1) is 0 Å². The Balaban J connectivity index is 1.50. The number of likely N-dealkylation sites (tertiary alicyclic amines) is 1. The first kappa shape index (κ1) is 19.6. The van der Waals surface area contributed by atoms with Crippen LogP contribution in [0.15, 0.2) is 30.3 Å². The Labute approximate surface area is 172 Å². The molecular formula is C23H29N3O3. The van der Waals surface area contributed by atoms with Crippen LogP contribution in [0.2, 0.25) is 0 Å². The van der Waals surface area contributed by atoms with E-state index in [-0.39, 0.29) is 17.4 Å². The maximum Gasteiger partial charge on any atom is 0.229 e. The third-order valence-electron chi connectivity index (χ3n) is 6.28. The average Bonchev–Trinajstić information content (AvgIpc) is 3.15. The van der Waals surface area contributed by atoms with E-state index < -0.39 is 0 Å². The number of benzene rings is 1. The smallest absolute Gasteiger partial charge is 0.229 e. The van der Waals surface area contributed by atoms with Crippen molar-refractivity contribution in [3.63, 3.8) is 0 Å². The Morgan fingerprint density at radius 2 is 1.90 bits per heavy atom. The van der Waals surface area contributed by atoms with Crippen LogP contribution in [0, 0.1) is 6.92 Å². The van der Waals surface area contributed by atoms with Gasteiger partial charge in [0.05, 0.1) is 25.7 Å². The van der Waals surface area contributed by atoms with Gasteiger partial charge in [-0.25, -0.2) is 4.98 Å². The van der Waals surface area contributed by atoms with Crippen molar-refractivity contribution in [1.82, 2.24) is 9.88 Å². The molecule has 29 heavy (non-hydrogen) atoms. The maximum absolute atomic E-state index is 13.3. The van der Waals surface area contributed by atoms with Crippen LogP contribution in [0.4, 0.5) is 5.82 Å². The van der Waals surface area contributed by atoms with Crippen LogP contribution in [-0.2, 0) is 11.2 Å². The van der Waals surface area contributed by atoms with Gasteiger partial charge in [-0.1, -0.05) is 6.07 Å². The molecule has 2 aliphatic rings. The summed E-state index contributed by atoms with van der Waals surface area (Å²) in [7, 11) is 3.25. The minimum absolute atomic E-state index is 0.0742. The number of aryl methyl sites for hydroxylation is 2. The van der Waals surface area contributed by atoms with Gasteiger partial charge in [0.15, 0.2) is 0 Å². The van der Waals surface area contributed by atoms with Crippen LogP contribution in [0.3, 0.4) is 0 Å². The molecule has 0 aliphatic carbocycles. The van der Waals surface area contributed by atoms with E-state index in [4.69, 9.17) is 9.47 Å². The number of methoxy groups -OCH3 is 2. The molecule has 1 saturated heterocycles. The number of hydrogen-bond donors (Lipinski definition) is 1. The number of ether oxygens (including phenoxy) is 2. The minimum atomic E-state index is -0.259. The molecule has 1 aromatic heterocycles. The molecule has 0 unspecified atom stereocenters. The van der Waals surface area contributed by atoms with Crippen LogP contribution in [-0.4, -0.2) is 48.6 Å². The highest BCUT2D eigenvalue weighted by atomic mass is 16.5. The van der Waals surface area contributed by atoms with Crippen LogP contribution in [0.1, 0.15) is 42.5 Å². The second-order valence-corrected chi connectivity index (χ2v) is 8.24. The predicted molar refractivity (Wildman–Crippen MR) is 113 cm³/mol. The van der Waals surface area contributed by atoms with Gasteiger partial charge in [0.1, 0.15) is 17.3 Å². The number of carbonyl (C=O) groups excluding carboxylic acids is 1. The van der Waals surface area contributed by atoms with E-state index in [1.54, 1.807) is 14.2 Å². The number of pyridine rings is 1. The summed E-state index contributed by atoms with van der Waals surface area (Å²) in [6.07, 6.45) is 2.97. The number of anilines is 1. The second kappa shape index (κ2) is 7.58. The monoisotopic (exact) mass is 395 g/mol. The topological polar surface area (TPSA) is 63.7 Å². The van der Waals surface area contributed by atoms with E-state index in [1.807, 2.05) is 36.9 Å². The third kappa shape index (κ3) is 3.76. The summed E-state index contributed by atoms with van der Waals surface area (Å²) in [6, 6.07) is 9.88. The van der Waals surface area contributed by atoms with Gasteiger partial charge in [-0.3, -0.25) is 4.79 Å². The maximum atomic E-state index is 13.3. The Kier molecular flexibility index (Phi) is 5.11. The molecule has 2 aromatic rings. The van der Waals surface area contributed by atoms with Gasteiger partial charge in [0.25, 0.3) is 0 Å². The SMILES string of the molecule is COc1cc(OC)cc([C@@H](C)C(=O)N2CC[C@]3(CCc4ccc(C)nc4N3)C2)c1. The lowest BCUT2D eigenvalue weighted by Crippen LogP contribution is -2.46. The largest absolute Gasteiger partial charge is 0.497 e. The standard InChI is InChI=1S/C23H29N3O3/c1-15-5-6-17-7-8-23(25-21(17)24-15)9-10-26(14-23)22(27)16(2)18-11-19(28-3)13-20(12-18)29-4/h5-6,11-13,16H,7-10,14H2,1-4H3,(H,24,25)/t16-,23-/m1/s1. The van der Waals surface area contributed by atoms with E-state index >= 15 is 0 Å². The minimum Gasteiger partial charge on any atom is -0.497 e. The zero-order valence-electron chi connectivity index (χ0n) is 17.6. The summed E-state index contributed by atoms with van der Waals surface area (Å²) in [4.78, 5) is 19.9. The molecule has 1 aromatic carbocycles. The van der Waals surface area contributed by atoms with Gasteiger partial charge in [0, 0.05) is 24.8 Å². The fourth-order valence-electron chi connectivity index (χ4n) is 4.45. The Morgan fingerprint density at radius 1 is 1.17 bits per heavy atom. The molecule has 4 rings (SSSR count). The number of hydrogen-bond acceptors (Lipinski definition) is 5. The normalized spacial score (nSPS) is 21.4. The lowest BCUT2D eigenvalue weighted by Gasteiger charge is -2.36. The van der Waals surface area contributed by atoms with Crippen LogP contribution < -0.4 is 14.8 Å². The number of fused-ring (bicyclic) bond motifs is 1. The molecule has 154 valence electrons. The lowest BCUT2D eigenvalue weighted by atomic mass is 9.86. The molecule has 3 heterocycles. The second-order valence-electron chi connectivity index (χ2n) is 8.24. The van der Waals surface area contributed by atoms with Gasteiger partial charge in [0.2, 0.25) is 5.91 Å². The Morgan fingerprint density at radius 3 is 2.59 bits per heavy atom. The molecule has 6 heteroatoms. The van der Waals surface area contributed by atoms with Crippen molar-refractivity contribution in [2.75, 3.05) is 32.6 Å². The summed E-state index contributed by atoms with van der Waals surface area (Å²) < 4.78 is 10.7. The fraction of sp³-hybridized carbons (Fsp3) is 0.478. The molecule has 0 saturated carbocycles. The van der Waals surface area contributed by atoms with Crippen molar-refractivity contribution in [2.45, 2.75) is 44.6 Å². The van der Waals surface area contributed by atoms with Gasteiger partial charge < -0.3 is 19.7 Å². The molecule has 2 atom stereocenters. The molecular weight excluding hydrogens is 366 g/mol. The van der Waals surface area contributed by atoms with E-state index in [9.17, 15) is 4.79 Å². The summed E-state index contributed by atoms with van der Waals surface area (Å²) in [6.45, 7) is 5.44. The third-order valence-corrected chi connectivity index (χ3v) is 6.28. The molecule has 0 bridgehead atoms. The van der Waals surface area contributed by atoms with Gasteiger partial charge >= 0.3 is 0 Å².